The minimum absolute atomic E-state index is 0.0145. The third-order valence-electron chi connectivity index (χ3n) is 3.99. The lowest BCUT2D eigenvalue weighted by Crippen LogP contribution is -2.53. The van der Waals surface area contributed by atoms with E-state index in [0.29, 0.717) is 13.2 Å². The first kappa shape index (κ1) is 14.3. The fraction of sp³-hybridized carbons (Fsp3) is 0.857. The van der Waals surface area contributed by atoms with Gasteiger partial charge < -0.3 is 14.8 Å². The molecule has 0 aromatic heterocycles. The molecule has 0 aliphatic carbocycles. The molecule has 0 aromatic rings. The van der Waals surface area contributed by atoms with Crippen molar-refractivity contribution in [2.24, 2.45) is 11.8 Å². The van der Waals surface area contributed by atoms with E-state index in [1.54, 1.807) is 0 Å². The van der Waals surface area contributed by atoms with E-state index < -0.39 is 0 Å². The molecule has 0 unspecified atom stereocenters. The largest absolute Gasteiger partial charge is 0.466 e. The number of nitrogens with one attached hydrogen (secondary N) is 1. The van der Waals surface area contributed by atoms with Crippen molar-refractivity contribution in [2.45, 2.75) is 51.6 Å². The topological polar surface area (TPSA) is 64.6 Å². The molecule has 2 aliphatic rings. The molecule has 19 heavy (non-hydrogen) atoms. The van der Waals surface area contributed by atoms with Crippen LogP contribution in [0.3, 0.4) is 0 Å². The molecule has 0 atom stereocenters. The molecular formula is C14H23NO4. The van der Waals surface area contributed by atoms with E-state index >= 15 is 0 Å². The maximum Gasteiger partial charge on any atom is 0.309 e. The summed E-state index contributed by atoms with van der Waals surface area (Å²) in [5.41, 5.74) is 0. The van der Waals surface area contributed by atoms with Gasteiger partial charge in [-0.1, -0.05) is 0 Å². The minimum atomic E-state index is -0.0893. The van der Waals surface area contributed by atoms with Gasteiger partial charge in [-0.05, 0) is 39.5 Å². The lowest BCUT2D eigenvalue weighted by molar-refractivity contribution is -0.152. The van der Waals surface area contributed by atoms with Crippen LogP contribution < -0.4 is 5.32 Å². The van der Waals surface area contributed by atoms with E-state index in [9.17, 15) is 9.59 Å². The van der Waals surface area contributed by atoms with Gasteiger partial charge in [0.05, 0.1) is 25.0 Å². The second-order valence-electron chi connectivity index (χ2n) is 5.40. The van der Waals surface area contributed by atoms with Crippen LogP contribution in [0.1, 0.15) is 39.5 Å². The molecule has 0 aromatic carbocycles. The average Bonchev–Trinajstić information content (AvgIpc) is 2.38. The summed E-state index contributed by atoms with van der Waals surface area (Å²) in [7, 11) is 0. The van der Waals surface area contributed by atoms with Crippen LogP contribution in [-0.4, -0.2) is 37.2 Å². The third kappa shape index (κ3) is 3.47. The van der Waals surface area contributed by atoms with Crippen molar-refractivity contribution >= 4 is 11.9 Å². The zero-order valence-electron chi connectivity index (χ0n) is 11.7. The number of carbonyl (C=O) groups is 2. The summed E-state index contributed by atoms with van der Waals surface area (Å²) >= 11 is 0. The fourth-order valence-corrected chi connectivity index (χ4v) is 3.27. The van der Waals surface area contributed by atoms with Crippen molar-refractivity contribution in [2.75, 3.05) is 13.2 Å². The standard InChI is InChI=1S/C14H23NO4/c1-3-18-13(16)9-5-11-7-10(14(17)19-4-2)8-12(6-9)15-11/h9-12,15H,3-8H2,1-2H3. The first-order valence-corrected chi connectivity index (χ1v) is 7.23. The quantitative estimate of drug-likeness (QED) is 0.778. The summed E-state index contributed by atoms with van der Waals surface area (Å²) in [6, 6.07) is 0.465. The molecule has 2 aliphatic heterocycles. The number of carbonyl (C=O) groups excluding carboxylic acids is 2. The SMILES string of the molecule is CCOC(=O)C1CC2CC(C(=O)OCC)CC(C1)N2. The van der Waals surface area contributed by atoms with Gasteiger partial charge in [0.1, 0.15) is 0 Å². The van der Waals surface area contributed by atoms with Gasteiger partial charge in [0.15, 0.2) is 0 Å². The summed E-state index contributed by atoms with van der Waals surface area (Å²) in [4.78, 5) is 23.6. The van der Waals surface area contributed by atoms with Gasteiger partial charge in [-0.25, -0.2) is 0 Å². The van der Waals surface area contributed by atoms with E-state index in [2.05, 4.69) is 5.32 Å². The van der Waals surface area contributed by atoms with E-state index in [0.717, 1.165) is 25.7 Å². The van der Waals surface area contributed by atoms with Gasteiger partial charge >= 0.3 is 11.9 Å². The zero-order chi connectivity index (χ0) is 13.8. The lowest BCUT2D eigenvalue weighted by atomic mass is 9.76. The molecule has 2 heterocycles. The highest BCUT2D eigenvalue weighted by atomic mass is 16.5. The third-order valence-corrected chi connectivity index (χ3v) is 3.99. The Balaban J connectivity index is 1.91. The molecule has 0 amide bonds. The number of fused-ring (bicyclic) bond motifs is 2. The second kappa shape index (κ2) is 6.37. The highest BCUT2D eigenvalue weighted by molar-refractivity contribution is 5.74. The van der Waals surface area contributed by atoms with E-state index in [-0.39, 0.29) is 35.9 Å². The van der Waals surface area contributed by atoms with Crippen molar-refractivity contribution in [3.63, 3.8) is 0 Å². The van der Waals surface area contributed by atoms with E-state index in [4.69, 9.17) is 9.47 Å². The maximum atomic E-state index is 11.8. The van der Waals surface area contributed by atoms with Gasteiger partial charge in [0, 0.05) is 12.1 Å². The van der Waals surface area contributed by atoms with Gasteiger partial charge in [0.25, 0.3) is 0 Å². The summed E-state index contributed by atoms with van der Waals surface area (Å²) in [6.45, 7) is 4.53. The van der Waals surface area contributed by atoms with Crippen molar-refractivity contribution < 1.29 is 19.1 Å². The molecule has 5 nitrogen and oxygen atoms in total. The Bertz CT molecular complexity index is 300. The molecule has 108 valence electrons. The van der Waals surface area contributed by atoms with Crippen LogP contribution in [0.25, 0.3) is 0 Å². The Morgan fingerprint density at radius 3 is 1.58 bits per heavy atom. The Morgan fingerprint density at radius 1 is 0.895 bits per heavy atom. The number of ether oxygens (including phenoxy) is 2. The normalized spacial score (nSPS) is 33.6. The first-order chi connectivity index (χ1) is 9.13. The van der Waals surface area contributed by atoms with Crippen LogP contribution in [0.4, 0.5) is 0 Å². The fourth-order valence-electron chi connectivity index (χ4n) is 3.27. The van der Waals surface area contributed by atoms with Crippen molar-refractivity contribution in [3.8, 4) is 0 Å². The van der Waals surface area contributed by atoms with Crippen LogP contribution in [-0.2, 0) is 19.1 Å². The number of rotatable bonds is 4. The highest BCUT2D eigenvalue weighted by Crippen LogP contribution is 2.34. The van der Waals surface area contributed by atoms with Gasteiger partial charge in [-0.3, -0.25) is 9.59 Å². The number of esters is 2. The van der Waals surface area contributed by atoms with Gasteiger partial charge in [-0.2, -0.15) is 0 Å². The molecule has 2 rings (SSSR count). The van der Waals surface area contributed by atoms with Crippen LogP contribution in [0.15, 0.2) is 0 Å². The Morgan fingerprint density at radius 2 is 1.26 bits per heavy atom. The molecular weight excluding hydrogens is 246 g/mol. The second-order valence-corrected chi connectivity index (χ2v) is 5.40. The zero-order valence-corrected chi connectivity index (χ0v) is 11.7. The summed E-state index contributed by atoms with van der Waals surface area (Å²) in [6.07, 6.45) is 3.08. The average molecular weight is 269 g/mol. The van der Waals surface area contributed by atoms with E-state index in [1.807, 2.05) is 13.8 Å². The van der Waals surface area contributed by atoms with Crippen LogP contribution in [0, 0.1) is 11.8 Å². The van der Waals surface area contributed by atoms with Crippen molar-refractivity contribution in [1.29, 1.82) is 0 Å². The van der Waals surface area contributed by atoms with Crippen LogP contribution in [0.2, 0.25) is 0 Å². The minimum Gasteiger partial charge on any atom is -0.466 e. The van der Waals surface area contributed by atoms with Crippen LogP contribution >= 0.6 is 0 Å². The summed E-state index contributed by atoms with van der Waals surface area (Å²) in [5.74, 6) is -0.208. The first-order valence-electron chi connectivity index (χ1n) is 7.23. The summed E-state index contributed by atoms with van der Waals surface area (Å²) in [5, 5.41) is 3.49. The Kier molecular flexibility index (Phi) is 4.80. The lowest BCUT2D eigenvalue weighted by Gasteiger charge is -2.42. The smallest absolute Gasteiger partial charge is 0.309 e. The molecule has 0 radical (unpaired) electrons. The molecule has 2 bridgehead atoms. The molecule has 2 fully saturated rings. The summed E-state index contributed by atoms with van der Waals surface area (Å²) < 4.78 is 10.2. The Labute approximate surface area is 114 Å². The predicted molar refractivity (Wildman–Crippen MR) is 69.4 cm³/mol. The predicted octanol–water partition coefficient (Wildman–Crippen LogP) is 1.26. The van der Waals surface area contributed by atoms with Crippen molar-refractivity contribution in [1.82, 2.24) is 5.32 Å². The number of hydrogen-bond acceptors (Lipinski definition) is 5. The number of piperidine rings is 2. The Hall–Kier alpha value is -1.10. The monoisotopic (exact) mass is 269 g/mol. The number of hydrogen-bond donors (Lipinski definition) is 1. The highest BCUT2D eigenvalue weighted by Gasteiger charge is 2.41. The van der Waals surface area contributed by atoms with E-state index in [1.165, 1.54) is 0 Å². The molecule has 0 spiro atoms. The van der Waals surface area contributed by atoms with Crippen LogP contribution in [0.5, 0.6) is 0 Å². The van der Waals surface area contributed by atoms with Crippen molar-refractivity contribution in [3.05, 3.63) is 0 Å². The van der Waals surface area contributed by atoms with Gasteiger partial charge in [-0.15, -0.1) is 0 Å². The maximum absolute atomic E-state index is 11.8. The molecule has 1 N–H and O–H groups in total. The molecule has 0 saturated carbocycles. The molecule has 5 heteroatoms. The van der Waals surface area contributed by atoms with Gasteiger partial charge in [0.2, 0.25) is 0 Å². The molecule has 2 saturated heterocycles.